The summed E-state index contributed by atoms with van der Waals surface area (Å²) in [5.74, 6) is -2.30. The Kier molecular flexibility index (Phi) is 1.51. The molecule has 3 heteroatoms. The van der Waals surface area contributed by atoms with Crippen molar-refractivity contribution in [3.8, 4) is 0 Å². The Bertz CT molecular complexity index is 114. The zero-order chi connectivity index (χ0) is 6.91. The molecule has 0 aromatic carbocycles. The van der Waals surface area contributed by atoms with E-state index in [-0.39, 0.29) is 18.8 Å². The van der Waals surface area contributed by atoms with Crippen LogP contribution in [0.1, 0.15) is 12.8 Å². The number of hydrogen-bond donors (Lipinski definition) is 0. The summed E-state index contributed by atoms with van der Waals surface area (Å²) in [4.78, 5) is 3.54. The molecule has 0 saturated heterocycles. The van der Waals surface area contributed by atoms with Crippen LogP contribution < -0.4 is 0 Å². The molecule has 0 aromatic rings. The van der Waals surface area contributed by atoms with E-state index in [1.807, 2.05) is 0 Å². The van der Waals surface area contributed by atoms with Gasteiger partial charge in [0.2, 0.25) is 5.92 Å². The first kappa shape index (κ1) is 6.65. The second kappa shape index (κ2) is 2.05. The Hall–Kier alpha value is -0.470. The molecule has 0 aliphatic heterocycles. The first-order chi connectivity index (χ1) is 4.14. The lowest BCUT2D eigenvalue weighted by molar-refractivity contribution is -0.107. The molecule has 0 radical (unpaired) electrons. The van der Waals surface area contributed by atoms with Gasteiger partial charge in [0.05, 0.1) is 0 Å². The van der Waals surface area contributed by atoms with Crippen molar-refractivity contribution in [1.82, 2.24) is 0 Å². The van der Waals surface area contributed by atoms with E-state index >= 15 is 0 Å². The standard InChI is InChI=1S/C6H9F2N/c1-9-4-5-2-6(7,8)3-5/h5H,1-4H2. The molecule has 0 amide bonds. The SMILES string of the molecule is C=NCC1CC(F)(F)C1. The molecule has 0 spiro atoms. The molecule has 0 atom stereocenters. The maximum Gasteiger partial charge on any atom is 0.248 e. The van der Waals surface area contributed by atoms with Crippen LogP contribution in [-0.4, -0.2) is 19.2 Å². The Labute approximate surface area is 52.8 Å². The summed E-state index contributed by atoms with van der Waals surface area (Å²) in [5.41, 5.74) is 0. The first-order valence-corrected chi connectivity index (χ1v) is 2.94. The smallest absolute Gasteiger partial charge is 0.248 e. The van der Waals surface area contributed by atoms with E-state index in [4.69, 9.17) is 0 Å². The van der Waals surface area contributed by atoms with Gasteiger partial charge >= 0.3 is 0 Å². The molecular weight excluding hydrogens is 124 g/mol. The Morgan fingerprint density at radius 2 is 2.11 bits per heavy atom. The molecule has 1 rings (SSSR count). The van der Waals surface area contributed by atoms with Gasteiger partial charge in [-0.2, -0.15) is 0 Å². The number of rotatable bonds is 2. The summed E-state index contributed by atoms with van der Waals surface area (Å²) < 4.78 is 24.1. The summed E-state index contributed by atoms with van der Waals surface area (Å²) in [6.45, 7) is 3.73. The quantitative estimate of drug-likeness (QED) is 0.509. The van der Waals surface area contributed by atoms with Crippen molar-refractivity contribution in [2.45, 2.75) is 18.8 Å². The Morgan fingerprint density at radius 1 is 1.56 bits per heavy atom. The van der Waals surface area contributed by atoms with Crippen LogP contribution in [0.3, 0.4) is 0 Å². The molecule has 0 bridgehead atoms. The second-order valence-electron chi connectivity index (χ2n) is 2.54. The molecule has 0 N–H and O–H groups in total. The molecule has 0 unspecified atom stereocenters. The van der Waals surface area contributed by atoms with Gasteiger partial charge in [-0.25, -0.2) is 8.78 Å². The van der Waals surface area contributed by atoms with Gasteiger partial charge in [-0.05, 0) is 12.6 Å². The van der Waals surface area contributed by atoms with Crippen LogP contribution >= 0.6 is 0 Å². The first-order valence-electron chi connectivity index (χ1n) is 2.94. The fourth-order valence-electron chi connectivity index (χ4n) is 1.10. The number of aliphatic imine (C=N–C) groups is 1. The highest BCUT2D eigenvalue weighted by Crippen LogP contribution is 2.42. The van der Waals surface area contributed by atoms with Crippen LogP contribution in [0.15, 0.2) is 4.99 Å². The van der Waals surface area contributed by atoms with Crippen molar-refractivity contribution in [1.29, 1.82) is 0 Å². The Morgan fingerprint density at radius 3 is 2.44 bits per heavy atom. The van der Waals surface area contributed by atoms with Crippen LogP contribution in [0.5, 0.6) is 0 Å². The maximum atomic E-state index is 12.0. The number of alkyl halides is 2. The zero-order valence-corrected chi connectivity index (χ0v) is 5.11. The summed E-state index contributed by atoms with van der Waals surface area (Å²) in [7, 11) is 0. The van der Waals surface area contributed by atoms with Crippen LogP contribution in [-0.2, 0) is 0 Å². The van der Waals surface area contributed by atoms with Crippen LogP contribution in [0, 0.1) is 5.92 Å². The monoisotopic (exact) mass is 133 g/mol. The van der Waals surface area contributed by atoms with Crippen LogP contribution in [0.4, 0.5) is 8.78 Å². The number of hydrogen-bond acceptors (Lipinski definition) is 1. The van der Waals surface area contributed by atoms with E-state index < -0.39 is 5.92 Å². The predicted octanol–water partition coefficient (Wildman–Crippen LogP) is 1.73. The lowest BCUT2D eigenvalue weighted by Crippen LogP contribution is -2.36. The van der Waals surface area contributed by atoms with Crippen molar-refractivity contribution in [2.24, 2.45) is 10.9 Å². The van der Waals surface area contributed by atoms with Crippen LogP contribution in [0.25, 0.3) is 0 Å². The molecule has 52 valence electrons. The number of halogens is 2. The third kappa shape index (κ3) is 1.47. The third-order valence-corrected chi connectivity index (χ3v) is 1.56. The number of nitrogens with zero attached hydrogens (tertiary/aromatic N) is 1. The fourth-order valence-corrected chi connectivity index (χ4v) is 1.10. The van der Waals surface area contributed by atoms with Gasteiger partial charge < -0.3 is 4.99 Å². The van der Waals surface area contributed by atoms with Crippen molar-refractivity contribution in [3.63, 3.8) is 0 Å². The van der Waals surface area contributed by atoms with Gasteiger partial charge in [-0.1, -0.05) is 0 Å². The van der Waals surface area contributed by atoms with E-state index in [1.54, 1.807) is 0 Å². The minimum absolute atomic E-state index is 0.00597. The van der Waals surface area contributed by atoms with Gasteiger partial charge in [0.1, 0.15) is 0 Å². The van der Waals surface area contributed by atoms with Gasteiger partial charge in [-0.3, -0.25) is 0 Å². The minimum atomic E-state index is -2.39. The van der Waals surface area contributed by atoms with E-state index in [0.717, 1.165) is 0 Å². The summed E-state index contributed by atoms with van der Waals surface area (Å²) in [6, 6.07) is 0. The molecule has 1 nitrogen and oxygen atoms in total. The topological polar surface area (TPSA) is 12.4 Å². The molecule has 1 fully saturated rings. The molecule has 9 heavy (non-hydrogen) atoms. The third-order valence-electron chi connectivity index (χ3n) is 1.56. The van der Waals surface area contributed by atoms with Crippen molar-refractivity contribution >= 4 is 6.72 Å². The zero-order valence-electron chi connectivity index (χ0n) is 5.11. The van der Waals surface area contributed by atoms with Gasteiger partial charge in [0, 0.05) is 19.4 Å². The predicted molar refractivity (Wildman–Crippen MR) is 32.1 cm³/mol. The van der Waals surface area contributed by atoms with E-state index in [1.165, 1.54) is 0 Å². The average molecular weight is 133 g/mol. The second-order valence-corrected chi connectivity index (χ2v) is 2.54. The van der Waals surface area contributed by atoms with Crippen molar-refractivity contribution in [3.05, 3.63) is 0 Å². The molecular formula is C6H9F2N. The molecule has 0 heterocycles. The Balaban J connectivity index is 2.19. The van der Waals surface area contributed by atoms with Gasteiger partial charge in [-0.15, -0.1) is 0 Å². The van der Waals surface area contributed by atoms with Crippen LogP contribution in [0.2, 0.25) is 0 Å². The highest BCUT2D eigenvalue weighted by atomic mass is 19.3. The summed E-state index contributed by atoms with van der Waals surface area (Å²) >= 11 is 0. The van der Waals surface area contributed by atoms with Gasteiger partial charge in [0.15, 0.2) is 0 Å². The van der Waals surface area contributed by atoms with E-state index in [0.29, 0.717) is 6.54 Å². The highest BCUT2D eigenvalue weighted by molar-refractivity contribution is 5.23. The maximum absolute atomic E-state index is 12.0. The normalized spacial score (nSPS) is 25.1. The van der Waals surface area contributed by atoms with Crippen molar-refractivity contribution in [2.75, 3.05) is 6.54 Å². The molecule has 1 aliphatic carbocycles. The largest absolute Gasteiger partial charge is 0.301 e. The fraction of sp³-hybridized carbons (Fsp3) is 0.833. The molecule has 1 saturated carbocycles. The molecule has 1 aliphatic rings. The lowest BCUT2D eigenvalue weighted by atomic mass is 9.81. The minimum Gasteiger partial charge on any atom is -0.301 e. The van der Waals surface area contributed by atoms with E-state index in [2.05, 4.69) is 11.7 Å². The average Bonchev–Trinajstić information content (AvgIpc) is 1.62. The lowest BCUT2D eigenvalue weighted by Gasteiger charge is -2.33. The molecule has 0 aromatic heterocycles. The van der Waals surface area contributed by atoms with E-state index in [9.17, 15) is 8.78 Å². The summed E-state index contributed by atoms with van der Waals surface area (Å²) in [6.07, 6.45) is 0.0119. The van der Waals surface area contributed by atoms with Gasteiger partial charge in [0.25, 0.3) is 0 Å². The van der Waals surface area contributed by atoms with Crippen molar-refractivity contribution < 1.29 is 8.78 Å². The highest BCUT2D eigenvalue weighted by Gasteiger charge is 2.44. The summed E-state index contributed by atoms with van der Waals surface area (Å²) in [5, 5.41) is 0.